The summed E-state index contributed by atoms with van der Waals surface area (Å²) in [5.41, 5.74) is 16.3. The molecule has 1 aromatic heterocycles. The minimum atomic E-state index is -0.509. The molecule has 0 unspecified atom stereocenters. The highest BCUT2D eigenvalue weighted by atomic mass is 14.7. The van der Waals surface area contributed by atoms with E-state index < -0.39 is 5.41 Å². The van der Waals surface area contributed by atoms with Gasteiger partial charge in [0.05, 0.1) is 29.3 Å². The standard InChI is InChI=1S/C40H29N3/c41-25-12-13-28(24-26-42)37-22-11-23-38(43-37)34-27-36-39(32-19-8-7-18-31(32)34)33-20-9-10-21-35(33)40(36,29-14-3-1-4-15-29)30-16-5-2-6-17-30/h1-11,13-24,26-27H,12,42H2/b26-24-,28-13+. The van der Waals surface area contributed by atoms with Crippen LogP contribution in [0.15, 0.2) is 152 Å². The Kier molecular flexibility index (Phi) is 6.66. The Labute approximate surface area is 251 Å². The lowest BCUT2D eigenvalue weighted by Gasteiger charge is -2.34. The van der Waals surface area contributed by atoms with E-state index in [2.05, 4.69) is 127 Å². The lowest BCUT2D eigenvalue weighted by molar-refractivity contribution is 0.769. The van der Waals surface area contributed by atoms with Gasteiger partial charge in [0.2, 0.25) is 0 Å². The zero-order valence-corrected chi connectivity index (χ0v) is 23.6. The highest BCUT2D eigenvalue weighted by Crippen LogP contribution is 2.58. The van der Waals surface area contributed by atoms with E-state index >= 15 is 0 Å². The number of hydrogen-bond acceptors (Lipinski definition) is 3. The highest BCUT2D eigenvalue weighted by molar-refractivity contribution is 6.09. The molecule has 3 nitrogen and oxygen atoms in total. The van der Waals surface area contributed by atoms with Gasteiger partial charge in [-0.2, -0.15) is 5.26 Å². The van der Waals surface area contributed by atoms with Crippen LogP contribution in [0.2, 0.25) is 0 Å². The zero-order valence-electron chi connectivity index (χ0n) is 23.6. The quantitative estimate of drug-likeness (QED) is 0.210. The van der Waals surface area contributed by atoms with Crippen LogP contribution in [0.1, 0.15) is 34.4 Å². The van der Waals surface area contributed by atoms with Crippen LogP contribution in [-0.2, 0) is 5.41 Å². The lowest BCUT2D eigenvalue weighted by atomic mass is 9.67. The lowest BCUT2D eigenvalue weighted by Crippen LogP contribution is -2.28. The van der Waals surface area contributed by atoms with E-state index in [0.717, 1.165) is 27.9 Å². The van der Waals surface area contributed by atoms with Crippen LogP contribution in [0.25, 0.3) is 38.7 Å². The summed E-state index contributed by atoms with van der Waals surface area (Å²) in [5.74, 6) is 0. The van der Waals surface area contributed by atoms with Gasteiger partial charge in [-0.05, 0) is 80.2 Å². The fraction of sp³-hybridized carbons (Fsp3) is 0.0500. The molecule has 0 amide bonds. The first kappa shape index (κ1) is 26.2. The van der Waals surface area contributed by atoms with Gasteiger partial charge in [-0.15, -0.1) is 0 Å². The van der Waals surface area contributed by atoms with Crippen molar-refractivity contribution >= 4 is 16.3 Å². The third-order valence-electron chi connectivity index (χ3n) is 8.47. The van der Waals surface area contributed by atoms with Gasteiger partial charge in [-0.3, -0.25) is 0 Å². The van der Waals surface area contributed by atoms with E-state index in [1.165, 1.54) is 45.0 Å². The summed E-state index contributed by atoms with van der Waals surface area (Å²) in [5, 5.41) is 11.6. The largest absolute Gasteiger partial charge is 0.405 e. The van der Waals surface area contributed by atoms with Crippen molar-refractivity contribution in [3.8, 4) is 28.5 Å². The molecule has 1 aliphatic rings. The molecule has 5 aromatic carbocycles. The molecule has 0 spiro atoms. The summed E-state index contributed by atoms with van der Waals surface area (Å²) in [6, 6.07) is 49.8. The van der Waals surface area contributed by atoms with Gasteiger partial charge in [-0.25, -0.2) is 4.98 Å². The predicted molar refractivity (Wildman–Crippen MR) is 176 cm³/mol. The molecule has 0 fully saturated rings. The van der Waals surface area contributed by atoms with Crippen LogP contribution < -0.4 is 5.73 Å². The van der Waals surface area contributed by atoms with Crippen LogP contribution >= 0.6 is 0 Å². The average molecular weight is 552 g/mol. The normalized spacial score (nSPS) is 13.5. The molecule has 1 heterocycles. The van der Waals surface area contributed by atoms with Crippen molar-refractivity contribution in [1.82, 2.24) is 4.98 Å². The fourth-order valence-electron chi connectivity index (χ4n) is 6.77. The molecule has 0 bridgehead atoms. The van der Waals surface area contributed by atoms with Crippen LogP contribution in [0.5, 0.6) is 0 Å². The van der Waals surface area contributed by atoms with E-state index in [4.69, 9.17) is 10.7 Å². The van der Waals surface area contributed by atoms with E-state index in [1.54, 1.807) is 6.08 Å². The molecule has 6 aromatic rings. The number of allylic oxidation sites excluding steroid dienone is 3. The van der Waals surface area contributed by atoms with Gasteiger partial charge in [0.1, 0.15) is 0 Å². The summed E-state index contributed by atoms with van der Waals surface area (Å²) in [7, 11) is 0. The molecule has 43 heavy (non-hydrogen) atoms. The first-order valence-corrected chi connectivity index (χ1v) is 14.5. The van der Waals surface area contributed by atoms with Gasteiger partial charge in [-0.1, -0.05) is 121 Å². The van der Waals surface area contributed by atoms with Gasteiger partial charge in [0, 0.05) is 5.56 Å². The zero-order chi connectivity index (χ0) is 29.2. The van der Waals surface area contributed by atoms with Gasteiger partial charge < -0.3 is 5.73 Å². The minimum absolute atomic E-state index is 0.280. The van der Waals surface area contributed by atoms with Crippen LogP contribution in [0.3, 0.4) is 0 Å². The van der Waals surface area contributed by atoms with Crippen LogP contribution in [-0.4, -0.2) is 4.98 Å². The Hall–Kier alpha value is -5.72. The van der Waals surface area contributed by atoms with E-state index in [0.29, 0.717) is 0 Å². The van der Waals surface area contributed by atoms with Crippen molar-refractivity contribution in [3.05, 3.63) is 180 Å². The number of nitrogens with two attached hydrogens (primary N) is 1. The van der Waals surface area contributed by atoms with Crippen molar-refractivity contribution in [2.45, 2.75) is 11.8 Å². The molecule has 0 aliphatic heterocycles. The molecule has 2 N–H and O–H groups in total. The molecule has 204 valence electrons. The van der Waals surface area contributed by atoms with E-state index in [1.807, 2.05) is 18.2 Å². The Balaban J connectivity index is 1.59. The molecule has 0 saturated carbocycles. The predicted octanol–water partition coefficient (Wildman–Crippen LogP) is 9.03. The number of aromatic nitrogens is 1. The number of nitrogens with zero attached hydrogens (tertiary/aromatic N) is 2. The SMILES string of the molecule is N#CC/C=C(\C=C/N)c1cccc(-c2cc3c(c4ccccc24)-c2ccccc2C3(c2ccccc2)c2ccccc2)n1. The first-order chi connectivity index (χ1) is 21.3. The second kappa shape index (κ2) is 10.9. The maximum atomic E-state index is 9.21. The molecule has 1 aliphatic carbocycles. The smallest absolute Gasteiger partial charge is 0.0715 e. The third-order valence-corrected chi connectivity index (χ3v) is 8.47. The Morgan fingerprint density at radius 1 is 0.698 bits per heavy atom. The monoisotopic (exact) mass is 551 g/mol. The molecule has 0 radical (unpaired) electrons. The number of rotatable bonds is 6. The van der Waals surface area contributed by atoms with Crippen molar-refractivity contribution in [1.29, 1.82) is 5.26 Å². The number of fused-ring (bicyclic) bond motifs is 5. The Morgan fingerprint density at radius 3 is 2.05 bits per heavy atom. The number of pyridine rings is 1. The van der Waals surface area contributed by atoms with Crippen LogP contribution in [0.4, 0.5) is 0 Å². The number of hydrogen-bond donors (Lipinski definition) is 1. The Bertz CT molecular complexity index is 2030. The summed E-state index contributed by atoms with van der Waals surface area (Å²) >= 11 is 0. The highest BCUT2D eigenvalue weighted by Gasteiger charge is 2.46. The summed E-state index contributed by atoms with van der Waals surface area (Å²) in [6.07, 6.45) is 5.44. The van der Waals surface area contributed by atoms with Crippen molar-refractivity contribution in [2.24, 2.45) is 5.73 Å². The molecular weight excluding hydrogens is 522 g/mol. The van der Waals surface area contributed by atoms with Gasteiger partial charge >= 0.3 is 0 Å². The van der Waals surface area contributed by atoms with Crippen molar-refractivity contribution < 1.29 is 0 Å². The minimum Gasteiger partial charge on any atom is -0.405 e. The number of benzene rings is 5. The van der Waals surface area contributed by atoms with Gasteiger partial charge in [0.25, 0.3) is 0 Å². The number of nitriles is 1. The summed E-state index contributed by atoms with van der Waals surface area (Å²) in [6.45, 7) is 0. The topological polar surface area (TPSA) is 62.7 Å². The van der Waals surface area contributed by atoms with Gasteiger partial charge in [0.15, 0.2) is 0 Å². The second-order valence-electron chi connectivity index (χ2n) is 10.7. The maximum Gasteiger partial charge on any atom is 0.0715 e. The van der Waals surface area contributed by atoms with E-state index in [9.17, 15) is 5.26 Å². The maximum absolute atomic E-state index is 9.21. The molecule has 3 heteroatoms. The first-order valence-electron chi connectivity index (χ1n) is 14.5. The molecule has 7 rings (SSSR count). The molecule has 0 atom stereocenters. The second-order valence-corrected chi connectivity index (χ2v) is 10.7. The molecule has 0 saturated heterocycles. The van der Waals surface area contributed by atoms with Crippen molar-refractivity contribution in [2.75, 3.05) is 0 Å². The van der Waals surface area contributed by atoms with Crippen LogP contribution in [0, 0.1) is 11.3 Å². The average Bonchev–Trinajstić information content (AvgIpc) is 3.38. The fourth-order valence-corrected chi connectivity index (χ4v) is 6.77. The molecular formula is C40H29N3. The van der Waals surface area contributed by atoms with Crippen molar-refractivity contribution in [3.63, 3.8) is 0 Å². The third kappa shape index (κ3) is 4.16. The Morgan fingerprint density at radius 2 is 1.35 bits per heavy atom. The van der Waals surface area contributed by atoms with E-state index in [-0.39, 0.29) is 6.42 Å². The summed E-state index contributed by atoms with van der Waals surface area (Å²) < 4.78 is 0. The summed E-state index contributed by atoms with van der Waals surface area (Å²) in [4.78, 5) is 5.15.